The van der Waals surface area contributed by atoms with E-state index in [1.807, 2.05) is 12.2 Å². The van der Waals surface area contributed by atoms with Crippen LogP contribution >= 0.6 is 22.6 Å². The second-order valence-electron chi connectivity index (χ2n) is 7.60. The minimum Gasteiger partial charge on any atom is -0.469 e. The molecule has 4 atom stereocenters. The molecule has 0 heterocycles. The lowest BCUT2D eigenvalue weighted by molar-refractivity contribution is -0.140. The van der Waals surface area contributed by atoms with Crippen molar-refractivity contribution in [2.45, 2.75) is 76.1 Å². The van der Waals surface area contributed by atoms with Gasteiger partial charge in [-0.3, -0.25) is 4.79 Å². The summed E-state index contributed by atoms with van der Waals surface area (Å²) in [6.45, 7) is 2.26. The zero-order valence-corrected chi connectivity index (χ0v) is 20.5. The lowest BCUT2D eigenvalue weighted by Crippen LogP contribution is -2.45. The van der Waals surface area contributed by atoms with Crippen LogP contribution in [-0.2, 0) is 19.0 Å². The zero-order valence-electron chi connectivity index (χ0n) is 18.4. The van der Waals surface area contributed by atoms with E-state index >= 15 is 0 Å². The van der Waals surface area contributed by atoms with Gasteiger partial charge in [0.05, 0.1) is 30.8 Å². The summed E-state index contributed by atoms with van der Waals surface area (Å²) in [5, 5.41) is 22.2. The maximum atomic E-state index is 11.4. The van der Waals surface area contributed by atoms with E-state index in [0.717, 1.165) is 16.4 Å². The molecule has 0 amide bonds. The van der Waals surface area contributed by atoms with Crippen molar-refractivity contribution >= 4 is 28.6 Å². The number of methoxy groups -OCH3 is 2. The summed E-state index contributed by atoms with van der Waals surface area (Å²) in [7, 11) is 2.92. The van der Waals surface area contributed by atoms with Gasteiger partial charge in [-0.1, -0.05) is 44.1 Å². The number of carbonyl (C=O) groups excluding carboxylic acids is 1. The summed E-state index contributed by atoms with van der Waals surface area (Å²) in [6.07, 6.45) is 14.6. The lowest BCUT2D eigenvalue weighted by Gasteiger charge is -2.34. The SMILES string of the molecule is CCCCC/C=C\C[C@@]1(O)C=C(I)[C@H](OCOC)[C@@H]1[C@@H](O)/C=C\CCCC(=O)OC. The van der Waals surface area contributed by atoms with Crippen LogP contribution in [-0.4, -0.2) is 55.0 Å². The molecule has 0 aromatic rings. The first-order chi connectivity index (χ1) is 14.4. The molecule has 0 aliphatic heterocycles. The Labute approximate surface area is 194 Å². The first kappa shape index (κ1) is 27.3. The minimum absolute atomic E-state index is 0.0833. The van der Waals surface area contributed by atoms with Crippen LogP contribution in [0.15, 0.2) is 34.0 Å². The molecule has 0 fully saturated rings. The molecule has 6 nitrogen and oxygen atoms in total. The van der Waals surface area contributed by atoms with Crippen LogP contribution in [0.5, 0.6) is 0 Å². The van der Waals surface area contributed by atoms with E-state index in [2.05, 4.69) is 40.3 Å². The Kier molecular flexibility index (Phi) is 13.8. The molecular weight excluding hydrogens is 499 g/mol. The monoisotopic (exact) mass is 536 g/mol. The highest BCUT2D eigenvalue weighted by Crippen LogP contribution is 2.44. The van der Waals surface area contributed by atoms with Gasteiger partial charge in [-0.25, -0.2) is 0 Å². The number of unbranched alkanes of at least 4 members (excludes halogenated alkanes) is 4. The number of carbonyl (C=O) groups is 1. The predicted octanol–water partition coefficient (Wildman–Crippen LogP) is 4.44. The maximum absolute atomic E-state index is 11.4. The summed E-state index contributed by atoms with van der Waals surface area (Å²) in [5.74, 6) is -0.789. The van der Waals surface area contributed by atoms with Gasteiger partial charge in [0, 0.05) is 17.1 Å². The van der Waals surface area contributed by atoms with Gasteiger partial charge in [-0.15, -0.1) is 0 Å². The minimum atomic E-state index is -1.20. The molecule has 0 aromatic heterocycles. The summed E-state index contributed by atoms with van der Waals surface area (Å²) in [4.78, 5) is 11.2. The molecular formula is C23H37IO6. The topological polar surface area (TPSA) is 85.2 Å². The second-order valence-corrected chi connectivity index (χ2v) is 8.84. The van der Waals surface area contributed by atoms with Gasteiger partial charge in [0.15, 0.2) is 0 Å². The van der Waals surface area contributed by atoms with Gasteiger partial charge in [0.2, 0.25) is 0 Å². The standard InChI is InChI=1S/C23H37IO6/c1-4-5-6-7-8-12-15-23(27)16-18(24)22(30-17-28-2)21(23)19(25)13-10-9-11-14-20(26)29-3/h8,10,12-13,16,19,21-22,25,27H,4-7,9,11,14-15,17H2,1-3H3/b12-8-,13-10-/t19-,21-,22-,23+/m0/s1. The molecule has 0 spiro atoms. The largest absolute Gasteiger partial charge is 0.469 e. The first-order valence-corrected chi connectivity index (χ1v) is 11.7. The highest BCUT2D eigenvalue weighted by Gasteiger charge is 2.49. The van der Waals surface area contributed by atoms with Crippen molar-refractivity contribution in [2.24, 2.45) is 5.92 Å². The predicted molar refractivity (Wildman–Crippen MR) is 126 cm³/mol. The second kappa shape index (κ2) is 15.1. The fourth-order valence-corrected chi connectivity index (χ4v) is 4.68. The summed E-state index contributed by atoms with van der Waals surface area (Å²) >= 11 is 2.16. The van der Waals surface area contributed by atoms with Crippen LogP contribution in [0.2, 0.25) is 0 Å². The molecule has 172 valence electrons. The van der Waals surface area contributed by atoms with Crippen molar-refractivity contribution in [3.63, 3.8) is 0 Å². The van der Waals surface area contributed by atoms with Crippen molar-refractivity contribution in [1.82, 2.24) is 0 Å². The van der Waals surface area contributed by atoms with E-state index < -0.39 is 23.7 Å². The van der Waals surface area contributed by atoms with E-state index in [1.54, 1.807) is 19.3 Å². The first-order valence-electron chi connectivity index (χ1n) is 10.7. The number of halogens is 1. The van der Waals surface area contributed by atoms with Gasteiger partial charge in [-0.05, 0) is 60.8 Å². The Morgan fingerprint density at radius 2 is 1.97 bits per heavy atom. The number of rotatable bonds is 15. The number of hydrogen-bond donors (Lipinski definition) is 2. The van der Waals surface area contributed by atoms with E-state index in [0.29, 0.717) is 25.7 Å². The average molecular weight is 536 g/mol. The number of ether oxygens (including phenoxy) is 3. The number of allylic oxidation sites excluding steroid dienone is 2. The Morgan fingerprint density at radius 1 is 1.23 bits per heavy atom. The third-order valence-corrected chi connectivity index (χ3v) is 6.12. The number of aliphatic hydroxyl groups is 2. The summed E-state index contributed by atoms with van der Waals surface area (Å²) < 4.78 is 16.3. The van der Waals surface area contributed by atoms with Crippen molar-refractivity contribution in [3.8, 4) is 0 Å². The molecule has 7 heteroatoms. The van der Waals surface area contributed by atoms with Crippen LogP contribution in [0, 0.1) is 5.92 Å². The van der Waals surface area contributed by atoms with Gasteiger partial charge in [-0.2, -0.15) is 0 Å². The molecule has 2 N–H and O–H groups in total. The van der Waals surface area contributed by atoms with Crippen molar-refractivity contribution < 1.29 is 29.2 Å². The van der Waals surface area contributed by atoms with Crippen molar-refractivity contribution in [1.29, 1.82) is 0 Å². The van der Waals surface area contributed by atoms with Crippen LogP contribution in [0.4, 0.5) is 0 Å². The summed E-state index contributed by atoms with van der Waals surface area (Å²) in [6, 6.07) is 0. The quantitative estimate of drug-likeness (QED) is 0.106. The van der Waals surface area contributed by atoms with Gasteiger partial charge in [0.25, 0.3) is 0 Å². The average Bonchev–Trinajstić information content (AvgIpc) is 2.97. The van der Waals surface area contributed by atoms with E-state index in [9.17, 15) is 15.0 Å². The van der Waals surface area contributed by atoms with Crippen LogP contribution in [0.3, 0.4) is 0 Å². The maximum Gasteiger partial charge on any atom is 0.305 e. The molecule has 1 rings (SSSR count). The molecule has 1 aliphatic carbocycles. The third kappa shape index (κ3) is 9.18. The van der Waals surface area contributed by atoms with E-state index in [4.69, 9.17) is 9.47 Å². The number of esters is 1. The molecule has 0 saturated carbocycles. The molecule has 30 heavy (non-hydrogen) atoms. The van der Waals surface area contributed by atoms with Gasteiger partial charge < -0.3 is 24.4 Å². The van der Waals surface area contributed by atoms with Crippen LogP contribution in [0.25, 0.3) is 0 Å². The van der Waals surface area contributed by atoms with Crippen molar-refractivity contribution in [2.75, 3.05) is 21.0 Å². The Balaban J connectivity index is 2.79. The number of aliphatic hydroxyl groups excluding tert-OH is 1. The Bertz CT molecular complexity index is 588. The van der Waals surface area contributed by atoms with E-state index in [-0.39, 0.29) is 12.8 Å². The van der Waals surface area contributed by atoms with Crippen LogP contribution in [0.1, 0.15) is 58.3 Å². The van der Waals surface area contributed by atoms with Crippen LogP contribution < -0.4 is 0 Å². The molecule has 1 aliphatic rings. The molecule has 0 saturated heterocycles. The van der Waals surface area contributed by atoms with Crippen molar-refractivity contribution in [3.05, 3.63) is 34.0 Å². The van der Waals surface area contributed by atoms with Gasteiger partial charge in [0.1, 0.15) is 6.79 Å². The molecule has 0 aromatic carbocycles. The smallest absolute Gasteiger partial charge is 0.305 e. The molecule has 0 bridgehead atoms. The number of hydrogen-bond acceptors (Lipinski definition) is 6. The Hall–Kier alpha value is -0.740. The van der Waals surface area contributed by atoms with Gasteiger partial charge >= 0.3 is 5.97 Å². The van der Waals surface area contributed by atoms with E-state index in [1.165, 1.54) is 20.0 Å². The Morgan fingerprint density at radius 3 is 2.63 bits per heavy atom. The zero-order chi connectivity index (χ0) is 22.4. The molecule has 0 radical (unpaired) electrons. The molecule has 0 unspecified atom stereocenters. The normalized spacial score (nSPS) is 25.2. The fourth-order valence-electron chi connectivity index (χ4n) is 3.57. The lowest BCUT2D eigenvalue weighted by atomic mass is 9.81. The fraction of sp³-hybridized carbons (Fsp3) is 0.696. The highest BCUT2D eigenvalue weighted by atomic mass is 127. The summed E-state index contributed by atoms with van der Waals surface area (Å²) in [5.41, 5.74) is -1.20. The third-order valence-electron chi connectivity index (χ3n) is 5.19. The highest BCUT2D eigenvalue weighted by molar-refractivity contribution is 14.1.